The Morgan fingerprint density at radius 3 is 2.31 bits per heavy atom. The third kappa shape index (κ3) is 2.43. The maximum absolute atomic E-state index is 13.5. The van der Waals surface area contributed by atoms with E-state index < -0.39 is 30.0 Å². The van der Waals surface area contributed by atoms with Crippen LogP contribution in [0.4, 0.5) is 13.2 Å². The molecular formula is C9H8Cl2F3NO. The SMILES string of the molecule is N[C@H](c1c(Cl)ccc(Cl)c1F)C(F)(F)CO. The molecule has 0 spiro atoms. The van der Waals surface area contributed by atoms with Crippen LogP contribution in [0.25, 0.3) is 0 Å². The fraction of sp³-hybridized carbons (Fsp3) is 0.333. The van der Waals surface area contributed by atoms with Crippen molar-refractivity contribution in [2.75, 3.05) is 6.61 Å². The first-order valence-corrected chi connectivity index (χ1v) is 4.94. The van der Waals surface area contributed by atoms with Crippen LogP contribution in [0.3, 0.4) is 0 Å². The van der Waals surface area contributed by atoms with Crippen molar-refractivity contribution in [3.8, 4) is 0 Å². The zero-order valence-corrected chi connectivity index (χ0v) is 9.37. The van der Waals surface area contributed by atoms with Crippen molar-refractivity contribution in [2.24, 2.45) is 5.73 Å². The highest BCUT2D eigenvalue weighted by atomic mass is 35.5. The molecule has 0 saturated heterocycles. The number of rotatable bonds is 3. The summed E-state index contributed by atoms with van der Waals surface area (Å²) < 4.78 is 39.6. The van der Waals surface area contributed by atoms with E-state index in [0.29, 0.717) is 0 Å². The first-order chi connectivity index (χ1) is 7.31. The Morgan fingerprint density at radius 1 is 1.31 bits per heavy atom. The van der Waals surface area contributed by atoms with Gasteiger partial charge in [-0.2, -0.15) is 0 Å². The Balaban J connectivity index is 3.28. The molecule has 0 aromatic heterocycles. The molecule has 7 heteroatoms. The summed E-state index contributed by atoms with van der Waals surface area (Å²) in [5.74, 6) is -4.77. The highest BCUT2D eigenvalue weighted by molar-refractivity contribution is 6.33. The van der Waals surface area contributed by atoms with Gasteiger partial charge in [0.15, 0.2) is 0 Å². The summed E-state index contributed by atoms with van der Waals surface area (Å²) in [6.45, 7) is -1.50. The normalized spacial score (nSPS) is 13.9. The number of aliphatic hydroxyl groups excluding tert-OH is 1. The Hall–Kier alpha value is -0.490. The van der Waals surface area contributed by atoms with Crippen molar-refractivity contribution >= 4 is 23.2 Å². The molecule has 0 radical (unpaired) electrons. The van der Waals surface area contributed by atoms with Crippen LogP contribution in [0.1, 0.15) is 11.6 Å². The molecular weight excluding hydrogens is 266 g/mol. The summed E-state index contributed by atoms with van der Waals surface area (Å²) in [5.41, 5.74) is 4.56. The van der Waals surface area contributed by atoms with E-state index >= 15 is 0 Å². The van der Waals surface area contributed by atoms with Crippen LogP contribution >= 0.6 is 23.2 Å². The van der Waals surface area contributed by atoms with Crippen LogP contribution in [-0.4, -0.2) is 17.6 Å². The van der Waals surface area contributed by atoms with Gasteiger partial charge in [0.1, 0.15) is 18.5 Å². The van der Waals surface area contributed by atoms with Gasteiger partial charge in [-0.1, -0.05) is 23.2 Å². The average molecular weight is 274 g/mol. The van der Waals surface area contributed by atoms with Gasteiger partial charge in [0.25, 0.3) is 5.92 Å². The Morgan fingerprint density at radius 2 is 1.81 bits per heavy atom. The van der Waals surface area contributed by atoms with Gasteiger partial charge in [0.2, 0.25) is 0 Å². The molecule has 0 unspecified atom stereocenters. The van der Waals surface area contributed by atoms with Crippen LogP contribution in [0, 0.1) is 5.82 Å². The minimum Gasteiger partial charge on any atom is -0.390 e. The van der Waals surface area contributed by atoms with E-state index in [1.807, 2.05) is 0 Å². The lowest BCUT2D eigenvalue weighted by atomic mass is 10.0. The number of nitrogens with two attached hydrogens (primary N) is 1. The van der Waals surface area contributed by atoms with Crippen molar-refractivity contribution in [3.05, 3.63) is 33.6 Å². The van der Waals surface area contributed by atoms with Crippen LogP contribution in [0.5, 0.6) is 0 Å². The number of benzene rings is 1. The predicted octanol–water partition coefficient (Wildman–Crippen LogP) is 2.76. The molecule has 90 valence electrons. The van der Waals surface area contributed by atoms with Crippen molar-refractivity contribution in [2.45, 2.75) is 12.0 Å². The van der Waals surface area contributed by atoms with Gasteiger partial charge in [-0.3, -0.25) is 0 Å². The van der Waals surface area contributed by atoms with Crippen molar-refractivity contribution < 1.29 is 18.3 Å². The quantitative estimate of drug-likeness (QED) is 0.832. The van der Waals surface area contributed by atoms with Gasteiger partial charge in [-0.05, 0) is 12.1 Å². The second-order valence-corrected chi connectivity index (χ2v) is 3.97. The highest BCUT2D eigenvalue weighted by Crippen LogP contribution is 2.36. The summed E-state index contributed by atoms with van der Waals surface area (Å²) in [6.07, 6.45) is 0. The second-order valence-electron chi connectivity index (χ2n) is 3.15. The molecule has 0 aliphatic heterocycles. The van der Waals surface area contributed by atoms with Gasteiger partial charge in [0.05, 0.1) is 5.02 Å². The maximum Gasteiger partial charge on any atom is 0.289 e. The molecule has 0 fully saturated rings. The van der Waals surface area contributed by atoms with E-state index in [4.69, 9.17) is 34.0 Å². The Labute approximate surface area is 99.8 Å². The van der Waals surface area contributed by atoms with E-state index in [9.17, 15) is 13.2 Å². The molecule has 1 atom stereocenters. The third-order valence-electron chi connectivity index (χ3n) is 2.06. The number of aliphatic hydroxyl groups is 1. The van der Waals surface area contributed by atoms with E-state index in [1.54, 1.807) is 0 Å². The molecule has 1 aromatic rings. The van der Waals surface area contributed by atoms with E-state index in [0.717, 1.165) is 12.1 Å². The van der Waals surface area contributed by atoms with E-state index in [1.165, 1.54) is 0 Å². The Bertz CT molecular complexity index is 401. The largest absolute Gasteiger partial charge is 0.390 e. The van der Waals surface area contributed by atoms with Gasteiger partial charge in [-0.25, -0.2) is 13.2 Å². The zero-order chi connectivity index (χ0) is 12.5. The maximum atomic E-state index is 13.5. The minimum atomic E-state index is -3.67. The number of hydrogen-bond donors (Lipinski definition) is 2. The molecule has 1 aromatic carbocycles. The first-order valence-electron chi connectivity index (χ1n) is 4.19. The van der Waals surface area contributed by atoms with Crippen molar-refractivity contribution in [1.82, 2.24) is 0 Å². The lowest BCUT2D eigenvalue weighted by Crippen LogP contribution is -2.37. The summed E-state index contributed by atoms with van der Waals surface area (Å²) in [4.78, 5) is 0. The second kappa shape index (κ2) is 4.79. The van der Waals surface area contributed by atoms with Crippen LogP contribution in [0.2, 0.25) is 10.0 Å². The lowest BCUT2D eigenvalue weighted by Gasteiger charge is -2.23. The molecule has 0 aliphatic rings. The monoisotopic (exact) mass is 273 g/mol. The number of halogens is 5. The van der Waals surface area contributed by atoms with Crippen LogP contribution < -0.4 is 5.73 Å². The average Bonchev–Trinajstić information content (AvgIpc) is 2.24. The van der Waals surface area contributed by atoms with Crippen LogP contribution in [-0.2, 0) is 0 Å². The van der Waals surface area contributed by atoms with Gasteiger partial charge < -0.3 is 10.8 Å². The summed E-state index contributed by atoms with van der Waals surface area (Å²) in [5, 5.41) is 7.83. The topological polar surface area (TPSA) is 46.2 Å². The molecule has 1 rings (SSSR count). The van der Waals surface area contributed by atoms with Crippen molar-refractivity contribution in [1.29, 1.82) is 0 Å². The molecule has 0 amide bonds. The highest BCUT2D eigenvalue weighted by Gasteiger charge is 2.40. The van der Waals surface area contributed by atoms with E-state index in [-0.39, 0.29) is 10.0 Å². The Kier molecular flexibility index (Phi) is 4.07. The predicted molar refractivity (Wildman–Crippen MR) is 55.4 cm³/mol. The standard InChI is InChI=1S/C9H8Cl2F3NO/c10-4-1-2-5(11)7(12)6(4)8(15)9(13,14)3-16/h1-2,8,16H,3,15H2/t8-/m1/s1. The van der Waals surface area contributed by atoms with Gasteiger partial charge in [0, 0.05) is 10.6 Å². The van der Waals surface area contributed by atoms with Crippen molar-refractivity contribution in [3.63, 3.8) is 0 Å². The molecule has 3 N–H and O–H groups in total. The summed E-state index contributed by atoms with van der Waals surface area (Å²) in [6, 6.07) is 0.242. The van der Waals surface area contributed by atoms with E-state index in [2.05, 4.69) is 0 Å². The fourth-order valence-corrected chi connectivity index (χ4v) is 1.57. The number of alkyl halides is 2. The zero-order valence-electron chi connectivity index (χ0n) is 7.85. The van der Waals surface area contributed by atoms with Gasteiger partial charge >= 0.3 is 0 Å². The molecule has 0 heterocycles. The third-order valence-corrected chi connectivity index (χ3v) is 2.68. The lowest BCUT2D eigenvalue weighted by molar-refractivity contribution is -0.0718. The first kappa shape index (κ1) is 13.6. The molecule has 2 nitrogen and oxygen atoms in total. The summed E-state index contributed by atoms with van der Waals surface area (Å²) in [7, 11) is 0. The van der Waals surface area contributed by atoms with Gasteiger partial charge in [-0.15, -0.1) is 0 Å². The smallest absolute Gasteiger partial charge is 0.289 e. The van der Waals surface area contributed by atoms with Crippen LogP contribution in [0.15, 0.2) is 12.1 Å². The molecule has 0 aliphatic carbocycles. The number of hydrogen-bond acceptors (Lipinski definition) is 2. The molecule has 0 saturated carbocycles. The molecule has 0 bridgehead atoms. The fourth-order valence-electron chi connectivity index (χ4n) is 1.14. The molecule has 16 heavy (non-hydrogen) atoms. The summed E-state index contributed by atoms with van der Waals surface area (Å²) >= 11 is 11.0. The minimum absolute atomic E-state index is 0.262.